The van der Waals surface area contributed by atoms with Crippen molar-refractivity contribution in [2.24, 2.45) is 0 Å². The Balaban J connectivity index is 1.46. The van der Waals surface area contributed by atoms with Gasteiger partial charge in [-0.05, 0) is 42.7 Å². The third-order valence-electron chi connectivity index (χ3n) is 5.47. The fourth-order valence-electron chi connectivity index (χ4n) is 3.94. The van der Waals surface area contributed by atoms with E-state index in [9.17, 15) is 4.79 Å². The van der Waals surface area contributed by atoms with Crippen LogP contribution >= 0.6 is 0 Å². The summed E-state index contributed by atoms with van der Waals surface area (Å²) in [5.74, 6) is 1.46. The van der Waals surface area contributed by atoms with Crippen LogP contribution in [0.2, 0.25) is 0 Å². The number of likely N-dealkylation sites (tertiary alicyclic amines) is 1. The minimum Gasteiger partial charge on any atom is -0.497 e. The van der Waals surface area contributed by atoms with Gasteiger partial charge in [0, 0.05) is 18.2 Å². The number of methoxy groups -OCH3 is 2. The van der Waals surface area contributed by atoms with Gasteiger partial charge in [-0.2, -0.15) is 0 Å². The Kier molecular flexibility index (Phi) is 6.31. The predicted octanol–water partition coefficient (Wildman–Crippen LogP) is 3.72. The lowest BCUT2D eigenvalue weighted by Gasteiger charge is -2.25. The zero-order chi connectivity index (χ0) is 21.6. The summed E-state index contributed by atoms with van der Waals surface area (Å²) in [5.41, 5.74) is 2.76. The summed E-state index contributed by atoms with van der Waals surface area (Å²) >= 11 is 0. The highest BCUT2D eigenvalue weighted by molar-refractivity contribution is 5.92. The van der Waals surface area contributed by atoms with E-state index < -0.39 is 0 Å². The summed E-state index contributed by atoms with van der Waals surface area (Å²) < 4.78 is 12.7. The SMILES string of the molecule is COc1ccc(OC)c(C2CCCN2C(=O)/C=C/c2cn(Cc3ccccc3)nn2)c1. The van der Waals surface area contributed by atoms with Crippen molar-refractivity contribution in [3.63, 3.8) is 0 Å². The van der Waals surface area contributed by atoms with Gasteiger partial charge in [-0.15, -0.1) is 5.10 Å². The molecule has 0 bridgehead atoms. The van der Waals surface area contributed by atoms with Crippen molar-refractivity contribution in [3.8, 4) is 11.5 Å². The van der Waals surface area contributed by atoms with Gasteiger partial charge < -0.3 is 14.4 Å². The Labute approximate surface area is 181 Å². The van der Waals surface area contributed by atoms with Gasteiger partial charge >= 0.3 is 0 Å². The van der Waals surface area contributed by atoms with Gasteiger partial charge in [0.2, 0.25) is 5.91 Å². The molecule has 7 nitrogen and oxygen atoms in total. The van der Waals surface area contributed by atoms with Gasteiger partial charge in [-0.3, -0.25) is 4.79 Å². The molecule has 1 aliphatic rings. The smallest absolute Gasteiger partial charge is 0.247 e. The molecule has 160 valence electrons. The van der Waals surface area contributed by atoms with Gasteiger partial charge in [0.1, 0.15) is 17.2 Å². The molecule has 1 aliphatic heterocycles. The first-order chi connectivity index (χ1) is 15.2. The topological polar surface area (TPSA) is 69.5 Å². The minimum atomic E-state index is -0.0509. The Morgan fingerprint density at radius 2 is 2.00 bits per heavy atom. The molecule has 2 aromatic carbocycles. The molecule has 0 saturated carbocycles. The number of aromatic nitrogens is 3. The lowest BCUT2D eigenvalue weighted by atomic mass is 10.0. The predicted molar refractivity (Wildman–Crippen MR) is 118 cm³/mol. The van der Waals surface area contributed by atoms with E-state index in [1.165, 1.54) is 0 Å². The van der Waals surface area contributed by atoms with Gasteiger partial charge in [-0.1, -0.05) is 35.5 Å². The van der Waals surface area contributed by atoms with E-state index in [-0.39, 0.29) is 11.9 Å². The quantitative estimate of drug-likeness (QED) is 0.547. The third-order valence-corrected chi connectivity index (χ3v) is 5.47. The minimum absolute atomic E-state index is 0.0454. The molecule has 2 heterocycles. The molecule has 1 amide bonds. The van der Waals surface area contributed by atoms with E-state index in [0.29, 0.717) is 18.8 Å². The maximum absolute atomic E-state index is 13.0. The van der Waals surface area contributed by atoms with Crippen LogP contribution in [-0.2, 0) is 11.3 Å². The first-order valence-corrected chi connectivity index (χ1v) is 10.3. The molecule has 7 heteroatoms. The summed E-state index contributed by atoms with van der Waals surface area (Å²) in [5, 5.41) is 8.31. The molecular formula is C24H26N4O3. The standard InChI is InChI=1S/C24H26N4O3/c1-30-20-11-12-23(31-2)21(15-20)22-9-6-14-28(22)24(29)13-10-19-17-27(26-25-19)16-18-7-4-3-5-8-18/h3-5,7-8,10-13,15,17,22H,6,9,14,16H2,1-2H3/b13-10+. The summed E-state index contributed by atoms with van der Waals surface area (Å²) in [6.45, 7) is 1.34. The van der Waals surface area contributed by atoms with Crippen LogP contribution in [0.25, 0.3) is 6.08 Å². The highest BCUT2D eigenvalue weighted by Crippen LogP contribution is 2.39. The van der Waals surface area contributed by atoms with E-state index in [1.807, 2.05) is 59.6 Å². The summed E-state index contributed by atoms with van der Waals surface area (Å²) in [7, 11) is 3.28. The molecule has 1 unspecified atom stereocenters. The van der Waals surface area contributed by atoms with Crippen molar-refractivity contribution in [2.75, 3.05) is 20.8 Å². The average molecular weight is 418 g/mol. The number of amides is 1. The zero-order valence-corrected chi connectivity index (χ0v) is 17.8. The normalized spacial score (nSPS) is 16.1. The average Bonchev–Trinajstić information content (AvgIpc) is 3.47. The number of hydrogen-bond acceptors (Lipinski definition) is 5. The largest absolute Gasteiger partial charge is 0.497 e. The number of carbonyl (C=O) groups excluding carboxylic acids is 1. The van der Waals surface area contributed by atoms with Crippen molar-refractivity contribution in [1.29, 1.82) is 0 Å². The van der Waals surface area contributed by atoms with E-state index >= 15 is 0 Å². The van der Waals surface area contributed by atoms with Crippen LogP contribution in [0.1, 0.15) is 35.7 Å². The fourth-order valence-corrected chi connectivity index (χ4v) is 3.94. The second kappa shape index (κ2) is 9.47. The van der Waals surface area contributed by atoms with E-state index in [0.717, 1.165) is 35.5 Å². The van der Waals surface area contributed by atoms with Crippen molar-refractivity contribution < 1.29 is 14.3 Å². The number of hydrogen-bond donors (Lipinski definition) is 0. The lowest BCUT2D eigenvalue weighted by Crippen LogP contribution is -2.29. The molecule has 3 aromatic rings. The second-order valence-corrected chi connectivity index (χ2v) is 7.46. The van der Waals surface area contributed by atoms with Crippen molar-refractivity contribution in [1.82, 2.24) is 19.9 Å². The summed E-state index contributed by atoms with van der Waals surface area (Å²) in [6.07, 6.45) is 6.95. The molecule has 0 N–H and O–H groups in total. The lowest BCUT2D eigenvalue weighted by molar-refractivity contribution is -0.126. The fraction of sp³-hybridized carbons (Fsp3) is 0.292. The number of benzene rings is 2. The zero-order valence-electron chi connectivity index (χ0n) is 17.8. The first kappa shape index (κ1) is 20.7. The number of carbonyl (C=O) groups is 1. The highest BCUT2D eigenvalue weighted by atomic mass is 16.5. The molecule has 1 fully saturated rings. The van der Waals surface area contributed by atoms with Crippen LogP contribution in [0.15, 0.2) is 60.8 Å². The molecule has 1 atom stereocenters. The van der Waals surface area contributed by atoms with E-state index in [2.05, 4.69) is 10.3 Å². The number of ether oxygens (including phenoxy) is 2. The van der Waals surface area contributed by atoms with Crippen LogP contribution in [0.3, 0.4) is 0 Å². The molecule has 1 saturated heterocycles. The highest BCUT2D eigenvalue weighted by Gasteiger charge is 2.31. The molecule has 1 aromatic heterocycles. The van der Waals surface area contributed by atoms with E-state index in [4.69, 9.17) is 9.47 Å². The Bertz CT molecular complexity index is 1060. The monoisotopic (exact) mass is 418 g/mol. The summed E-state index contributed by atoms with van der Waals surface area (Å²) in [4.78, 5) is 14.8. The van der Waals surface area contributed by atoms with Gasteiger partial charge in [-0.25, -0.2) is 4.68 Å². The van der Waals surface area contributed by atoms with Crippen LogP contribution < -0.4 is 9.47 Å². The van der Waals surface area contributed by atoms with Crippen molar-refractivity contribution >= 4 is 12.0 Å². The maximum atomic E-state index is 13.0. The van der Waals surface area contributed by atoms with Gasteiger partial charge in [0.05, 0.1) is 33.0 Å². The van der Waals surface area contributed by atoms with Crippen LogP contribution in [0, 0.1) is 0 Å². The van der Waals surface area contributed by atoms with Crippen LogP contribution in [0.5, 0.6) is 11.5 Å². The molecular weight excluding hydrogens is 392 g/mol. The van der Waals surface area contributed by atoms with Crippen LogP contribution in [-0.4, -0.2) is 46.6 Å². The molecule has 4 rings (SSSR count). The molecule has 0 spiro atoms. The second-order valence-electron chi connectivity index (χ2n) is 7.46. The van der Waals surface area contributed by atoms with Gasteiger partial charge in [0.25, 0.3) is 0 Å². The molecule has 31 heavy (non-hydrogen) atoms. The molecule has 0 radical (unpaired) electrons. The third kappa shape index (κ3) is 4.77. The Morgan fingerprint density at radius 1 is 1.16 bits per heavy atom. The Morgan fingerprint density at radius 3 is 2.77 bits per heavy atom. The van der Waals surface area contributed by atoms with Crippen molar-refractivity contribution in [3.05, 3.63) is 77.6 Å². The van der Waals surface area contributed by atoms with E-state index in [1.54, 1.807) is 31.1 Å². The number of nitrogens with zero attached hydrogens (tertiary/aromatic N) is 4. The summed E-state index contributed by atoms with van der Waals surface area (Å²) in [6, 6.07) is 15.7. The van der Waals surface area contributed by atoms with Gasteiger partial charge in [0.15, 0.2) is 0 Å². The Hall–Kier alpha value is -3.61. The first-order valence-electron chi connectivity index (χ1n) is 10.3. The molecule has 0 aliphatic carbocycles. The van der Waals surface area contributed by atoms with Crippen molar-refractivity contribution in [2.45, 2.75) is 25.4 Å². The maximum Gasteiger partial charge on any atom is 0.247 e. The number of rotatable bonds is 7. The van der Waals surface area contributed by atoms with Crippen LogP contribution in [0.4, 0.5) is 0 Å².